The first-order chi connectivity index (χ1) is 4.25. The van der Waals surface area contributed by atoms with Gasteiger partial charge in [-0.25, -0.2) is 4.21 Å². The van der Waals surface area contributed by atoms with Crippen molar-refractivity contribution in [2.24, 2.45) is 0 Å². The fraction of sp³-hybridized carbons (Fsp3) is 0.333. The molecule has 9 heavy (non-hydrogen) atoms. The molecule has 1 unspecified atom stereocenters. The molecule has 1 atom stereocenters. The van der Waals surface area contributed by atoms with Crippen molar-refractivity contribution >= 4 is 11.1 Å². The number of allylic oxidation sites excluding steroid dienone is 1. The third kappa shape index (κ3) is 1.04. The summed E-state index contributed by atoms with van der Waals surface area (Å²) in [7, 11) is 0. The third-order valence-corrected chi connectivity index (χ3v) is 2.24. The van der Waals surface area contributed by atoms with Crippen LogP contribution in [0.15, 0.2) is 10.5 Å². The van der Waals surface area contributed by atoms with Crippen LogP contribution in [0.25, 0.3) is 0 Å². The smallest absolute Gasteiger partial charge is 0.186 e. The average molecular weight is 142 g/mol. The Balaban J connectivity index is 2.96. The molecule has 1 heterocycles. The van der Waals surface area contributed by atoms with Crippen molar-refractivity contribution < 1.29 is 8.39 Å². The third-order valence-electron chi connectivity index (χ3n) is 1.16. The maximum Gasteiger partial charge on any atom is 0.186 e. The highest BCUT2D eigenvalue weighted by Crippen LogP contribution is 2.17. The van der Waals surface area contributed by atoms with Gasteiger partial charge in [0.15, 0.2) is 11.1 Å². The molecule has 1 aliphatic rings. The van der Waals surface area contributed by atoms with Crippen LogP contribution in [0.3, 0.4) is 0 Å². The van der Waals surface area contributed by atoms with Gasteiger partial charge < -0.3 is 0 Å². The van der Waals surface area contributed by atoms with Crippen LogP contribution in [-0.4, -0.2) is 10.8 Å². The minimum absolute atomic E-state index is 0.328. The maximum atomic E-state index is 10.7. The molecule has 0 aromatic carbocycles. The molecule has 0 aliphatic carbocycles. The van der Waals surface area contributed by atoms with E-state index >= 15 is 0 Å². The fourth-order valence-corrected chi connectivity index (χ4v) is 1.27. The lowest BCUT2D eigenvalue weighted by Gasteiger charge is -1.84. The second-order valence-corrected chi connectivity index (χ2v) is 2.99. The summed E-state index contributed by atoms with van der Waals surface area (Å²) in [5, 5.41) is 0. The van der Waals surface area contributed by atoms with Crippen molar-refractivity contribution in [3.05, 3.63) is 10.5 Å². The molecular formula is C6H6O2S. The molecule has 0 amide bonds. The van der Waals surface area contributed by atoms with E-state index < -0.39 is 11.1 Å². The summed E-state index contributed by atoms with van der Waals surface area (Å²) < 4.78 is 15.4. The predicted octanol–water partition coefficient (Wildman–Crippen LogP) is 0.588. The van der Waals surface area contributed by atoms with E-state index in [0.29, 0.717) is 17.1 Å². The van der Waals surface area contributed by atoms with Crippen molar-refractivity contribution in [3.8, 4) is 12.3 Å². The highest BCUT2D eigenvalue weighted by molar-refractivity contribution is 7.84. The Labute approximate surface area is 56.6 Å². The van der Waals surface area contributed by atoms with E-state index in [1.807, 2.05) is 0 Å². The van der Waals surface area contributed by atoms with Gasteiger partial charge in [0.05, 0.1) is 11.5 Å². The molecule has 1 aliphatic heterocycles. The summed E-state index contributed by atoms with van der Waals surface area (Å²) in [6.07, 6.45) is 5.06. The normalized spacial score (nSPS) is 26.4. The first-order valence-corrected chi connectivity index (χ1v) is 3.54. The second kappa shape index (κ2) is 2.34. The first kappa shape index (κ1) is 6.53. The van der Waals surface area contributed by atoms with Gasteiger partial charge in [0, 0.05) is 5.57 Å². The molecule has 0 bridgehead atoms. The van der Waals surface area contributed by atoms with Gasteiger partial charge in [-0.15, -0.1) is 6.42 Å². The summed E-state index contributed by atoms with van der Waals surface area (Å²) in [6.45, 7) is 2.05. The molecule has 1 rings (SSSR count). The minimum atomic E-state index is -1.26. The van der Waals surface area contributed by atoms with Crippen molar-refractivity contribution in [2.45, 2.75) is 6.92 Å². The van der Waals surface area contributed by atoms with Gasteiger partial charge in [0.2, 0.25) is 0 Å². The van der Waals surface area contributed by atoms with Gasteiger partial charge in [-0.2, -0.15) is 0 Å². The molecule has 0 spiro atoms. The lowest BCUT2D eigenvalue weighted by atomic mass is 10.3. The van der Waals surface area contributed by atoms with E-state index in [2.05, 4.69) is 5.92 Å². The van der Waals surface area contributed by atoms with Crippen LogP contribution < -0.4 is 0 Å². The lowest BCUT2D eigenvalue weighted by Crippen LogP contribution is -1.85. The SMILES string of the molecule is C#CC1=C(C)S(=O)OC1. The summed E-state index contributed by atoms with van der Waals surface area (Å²) in [5.41, 5.74) is 0.716. The highest BCUT2D eigenvalue weighted by Gasteiger charge is 2.16. The number of terminal acetylenes is 1. The standard InChI is InChI=1S/C6H6O2S/c1-3-6-4-8-9(7)5(6)2/h1H,4H2,2H3. The maximum absolute atomic E-state index is 10.7. The van der Waals surface area contributed by atoms with Crippen LogP contribution in [0.5, 0.6) is 0 Å². The molecular weight excluding hydrogens is 136 g/mol. The average Bonchev–Trinajstić information content (AvgIpc) is 2.15. The Morgan fingerprint density at radius 3 is 2.78 bits per heavy atom. The highest BCUT2D eigenvalue weighted by atomic mass is 32.2. The van der Waals surface area contributed by atoms with Gasteiger partial charge >= 0.3 is 0 Å². The summed E-state index contributed by atoms with van der Waals surface area (Å²) in [4.78, 5) is 0.678. The van der Waals surface area contributed by atoms with E-state index in [4.69, 9.17) is 10.6 Å². The summed E-state index contributed by atoms with van der Waals surface area (Å²) >= 11 is -1.26. The van der Waals surface area contributed by atoms with Crippen molar-refractivity contribution in [1.82, 2.24) is 0 Å². The van der Waals surface area contributed by atoms with Crippen LogP contribution in [0.2, 0.25) is 0 Å². The minimum Gasteiger partial charge on any atom is -0.281 e. The van der Waals surface area contributed by atoms with E-state index in [0.717, 1.165) is 0 Å². The molecule has 0 saturated heterocycles. The van der Waals surface area contributed by atoms with Gasteiger partial charge in [-0.1, -0.05) is 5.92 Å². The number of rotatable bonds is 0. The zero-order valence-electron chi connectivity index (χ0n) is 5.01. The van der Waals surface area contributed by atoms with Crippen LogP contribution in [-0.2, 0) is 15.3 Å². The van der Waals surface area contributed by atoms with Gasteiger partial charge in [-0.3, -0.25) is 4.18 Å². The molecule has 3 heteroatoms. The quantitative estimate of drug-likeness (QED) is 0.463. The molecule has 0 fully saturated rings. The molecule has 0 radical (unpaired) electrons. The Bertz CT molecular complexity index is 222. The largest absolute Gasteiger partial charge is 0.281 e. The van der Waals surface area contributed by atoms with Crippen molar-refractivity contribution in [1.29, 1.82) is 0 Å². The Kier molecular flexibility index (Phi) is 1.70. The molecule has 0 aromatic rings. The number of hydrogen-bond donors (Lipinski definition) is 0. The predicted molar refractivity (Wildman–Crippen MR) is 35.6 cm³/mol. The second-order valence-electron chi connectivity index (χ2n) is 1.68. The Morgan fingerprint density at radius 1 is 1.89 bits per heavy atom. The van der Waals surface area contributed by atoms with Gasteiger partial charge in [0.1, 0.15) is 0 Å². The topological polar surface area (TPSA) is 26.3 Å². The van der Waals surface area contributed by atoms with Gasteiger partial charge in [-0.05, 0) is 6.92 Å². The molecule has 48 valence electrons. The Morgan fingerprint density at radius 2 is 2.56 bits per heavy atom. The fourth-order valence-electron chi connectivity index (χ4n) is 0.546. The van der Waals surface area contributed by atoms with Crippen LogP contribution in [0.4, 0.5) is 0 Å². The zero-order valence-corrected chi connectivity index (χ0v) is 5.83. The van der Waals surface area contributed by atoms with Crippen LogP contribution >= 0.6 is 0 Å². The first-order valence-electron chi connectivity index (χ1n) is 2.47. The van der Waals surface area contributed by atoms with Crippen molar-refractivity contribution in [2.75, 3.05) is 6.61 Å². The van der Waals surface area contributed by atoms with E-state index in [1.165, 1.54) is 0 Å². The number of hydrogen-bond acceptors (Lipinski definition) is 2. The lowest BCUT2D eigenvalue weighted by molar-refractivity contribution is 0.405. The zero-order chi connectivity index (χ0) is 6.85. The van der Waals surface area contributed by atoms with Crippen molar-refractivity contribution in [3.63, 3.8) is 0 Å². The summed E-state index contributed by atoms with van der Waals surface area (Å²) in [6, 6.07) is 0. The van der Waals surface area contributed by atoms with E-state index in [-0.39, 0.29) is 0 Å². The molecule has 0 N–H and O–H groups in total. The Hall–Kier alpha value is -0.590. The van der Waals surface area contributed by atoms with E-state index in [9.17, 15) is 4.21 Å². The molecule has 2 nitrogen and oxygen atoms in total. The molecule has 0 aromatic heterocycles. The van der Waals surface area contributed by atoms with E-state index in [1.54, 1.807) is 6.92 Å². The summed E-state index contributed by atoms with van der Waals surface area (Å²) in [5.74, 6) is 2.41. The van der Waals surface area contributed by atoms with Crippen LogP contribution in [0, 0.1) is 12.3 Å². The molecule has 0 saturated carbocycles. The van der Waals surface area contributed by atoms with Gasteiger partial charge in [0.25, 0.3) is 0 Å². The monoisotopic (exact) mass is 142 g/mol. The van der Waals surface area contributed by atoms with Crippen LogP contribution in [0.1, 0.15) is 6.92 Å².